The number of allylic oxidation sites excluding steroid dienone is 1. The topological polar surface area (TPSA) is 46.5 Å². The third-order valence-corrected chi connectivity index (χ3v) is 1.54. The number of methoxy groups -OCH3 is 1. The lowest BCUT2D eigenvalue weighted by molar-refractivity contribution is -0.144. The highest BCUT2D eigenvalue weighted by Crippen LogP contribution is 2.07. The molecule has 0 spiro atoms. The van der Waals surface area contributed by atoms with E-state index in [1.165, 1.54) is 7.11 Å². The number of hydrogen-bond acceptors (Lipinski definition) is 2. The van der Waals surface area contributed by atoms with Crippen LogP contribution in [-0.2, 0) is 9.53 Å². The van der Waals surface area contributed by atoms with Gasteiger partial charge in [-0.15, -0.1) is 0 Å². The van der Waals surface area contributed by atoms with E-state index >= 15 is 0 Å². The molecule has 0 fully saturated rings. The summed E-state index contributed by atoms with van der Waals surface area (Å²) in [5, 5.41) is 8.60. The molecule has 0 bridgehead atoms. The Bertz CT molecular complexity index is 151. The van der Waals surface area contributed by atoms with Gasteiger partial charge in [0.05, 0.1) is 12.0 Å². The summed E-state index contributed by atoms with van der Waals surface area (Å²) in [5.74, 6) is -1.33. The number of carboxylic acids is 1. The van der Waals surface area contributed by atoms with E-state index in [9.17, 15) is 4.79 Å². The second-order valence-corrected chi connectivity index (χ2v) is 2.35. The van der Waals surface area contributed by atoms with E-state index in [1.54, 1.807) is 19.1 Å². The monoisotopic (exact) mass is 158 g/mol. The quantitative estimate of drug-likeness (QED) is 0.627. The zero-order chi connectivity index (χ0) is 8.85. The van der Waals surface area contributed by atoms with E-state index in [0.29, 0.717) is 0 Å². The van der Waals surface area contributed by atoms with Crippen molar-refractivity contribution < 1.29 is 14.6 Å². The fourth-order valence-electron chi connectivity index (χ4n) is 0.780. The van der Waals surface area contributed by atoms with Crippen LogP contribution >= 0.6 is 0 Å². The van der Waals surface area contributed by atoms with Crippen molar-refractivity contribution in [2.45, 2.75) is 20.0 Å². The van der Waals surface area contributed by atoms with Gasteiger partial charge in [0.25, 0.3) is 0 Å². The summed E-state index contributed by atoms with van der Waals surface area (Å²) in [7, 11) is 1.50. The summed E-state index contributed by atoms with van der Waals surface area (Å²) in [5.41, 5.74) is 0. The smallest absolute Gasteiger partial charge is 0.309 e. The van der Waals surface area contributed by atoms with Crippen LogP contribution in [-0.4, -0.2) is 24.3 Å². The number of ether oxygens (including phenoxy) is 1. The van der Waals surface area contributed by atoms with Gasteiger partial charge in [0, 0.05) is 7.11 Å². The third-order valence-electron chi connectivity index (χ3n) is 1.54. The minimum absolute atomic E-state index is 0.322. The molecule has 0 saturated carbocycles. The van der Waals surface area contributed by atoms with Crippen molar-refractivity contribution in [1.29, 1.82) is 0 Å². The molecule has 0 aromatic rings. The molecular weight excluding hydrogens is 144 g/mol. The van der Waals surface area contributed by atoms with Crippen LogP contribution < -0.4 is 0 Å². The van der Waals surface area contributed by atoms with Gasteiger partial charge < -0.3 is 9.84 Å². The predicted octanol–water partition coefficient (Wildman–Crippen LogP) is 1.30. The molecule has 1 N–H and O–H groups in total. The van der Waals surface area contributed by atoms with Crippen LogP contribution in [0.15, 0.2) is 12.2 Å². The molecule has 0 radical (unpaired) electrons. The maximum Gasteiger partial charge on any atom is 0.309 e. The summed E-state index contributed by atoms with van der Waals surface area (Å²) in [6.07, 6.45) is 3.20. The molecule has 0 aromatic carbocycles. The summed E-state index contributed by atoms with van der Waals surface area (Å²) >= 11 is 0. The molecule has 0 aliphatic heterocycles. The van der Waals surface area contributed by atoms with Gasteiger partial charge in [-0.25, -0.2) is 0 Å². The molecule has 0 aromatic heterocycles. The van der Waals surface area contributed by atoms with E-state index in [2.05, 4.69) is 0 Å². The average molecular weight is 158 g/mol. The lowest BCUT2D eigenvalue weighted by atomic mass is 10.1. The van der Waals surface area contributed by atoms with Crippen molar-refractivity contribution in [3.8, 4) is 0 Å². The molecule has 0 aliphatic rings. The molecular formula is C8H14O3. The Morgan fingerprint density at radius 2 is 2.18 bits per heavy atom. The van der Waals surface area contributed by atoms with Crippen LogP contribution in [0, 0.1) is 5.92 Å². The van der Waals surface area contributed by atoms with Gasteiger partial charge in [-0.1, -0.05) is 12.2 Å². The lowest BCUT2D eigenvalue weighted by Gasteiger charge is -2.14. The SMILES string of the molecule is CC=C[C@@H](OC)[C@@H](C)C(=O)O. The van der Waals surface area contributed by atoms with Crippen molar-refractivity contribution in [3.63, 3.8) is 0 Å². The van der Waals surface area contributed by atoms with E-state index in [1.807, 2.05) is 6.92 Å². The number of carbonyl (C=O) groups is 1. The maximum absolute atomic E-state index is 10.5. The second-order valence-electron chi connectivity index (χ2n) is 2.35. The highest BCUT2D eigenvalue weighted by Gasteiger charge is 2.19. The first-order valence-corrected chi connectivity index (χ1v) is 3.52. The standard InChI is InChI=1S/C8H14O3/c1-4-5-7(11-3)6(2)8(9)10/h4-7H,1-3H3,(H,9,10)/t6-,7-/m1/s1. The van der Waals surface area contributed by atoms with Crippen LogP contribution in [0.4, 0.5) is 0 Å². The molecule has 0 rings (SSSR count). The zero-order valence-electron chi connectivity index (χ0n) is 7.07. The van der Waals surface area contributed by atoms with E-state index in [0.717, 1.165) is 0 Å². The van der Waals surface area contributed by atoms with Crippen LogP contribution in [0.25, 0.3) is 0 Å². The van der Waals surface area contributed by atoms with Crippen molar-refractivity contribution in [3.05, 3.63) is 12.2 Å². The van der Waals surface area contributed by atoms with Gasteiger partial charge in [0.15, 0.2) is 0 Å². The maximum atomic E-state index is 10.5. The van der Waals surface area contributed by atoms with Crippen LogP contribution in [0.2, 0.25) is 0 Å². The number of aliphatic carboxylic acids is 1. The van der Waals surface area contributed by atoms with Gasteiger partial charge >= 0.3 is 5.97 Å². The Labute approximate surface area is 66.7 Å². The molecule has 3 nitrogen and oxygen atoms in total. The Balaban J connectivity index is 4.13. The molecule has 64 valence electrons. The lowest BCUT2D eigenvalue weighted by Crippen LogP contribution is -2.25. The molecule has 0 aliphatic carbocycles. The third kappa shape index (κ3) is 3.18. The van der Waals surface area contributed by atoms with Crippen molar-refractivity contribution >= 4 is 5.97 Å². The summed E-state index contributed by atoms with van der Waals surface area (Å²) in [6, 6.07) is 0. The Morgan fingerprint density at radius 3 is 2.45 bits per heavy atom. The first-order valence-electron chi connectivity index (χ1n) is 3.52. The first kappa shape index (κ1) is 10.2. The Kier molecular flexibility index (Phi) is 4.54. The highest BCUT2D eigenvalue weighted by molar-refractivity contribution is 5.70. The average Bonchev–Trinajstić information content (AvgIpc) is 1.98. The highest BCUT2D eigenvalue weighted by atomic mass is 16.5. The molecule has 0 saturated heterocycles. The van der Waals surface area contributed by atoms with Crippen LogP contribution in [0.5, 0.6) is 0 Å². The molecule has 3 heteroatoms. The minimum Gasteiger partial charge on any atom is -0.481 e. The van der Waals surface area contributed by atoms with Crippen molar-refractivity contribution in [1.82, 2.24) is 0 Å². The van der Waals surface area contributed by atoms with Gasteiger partial charge in [0.1, 0.15) is 0 Å². The molecule has 0 unspecified atom stereocenters. The summed E-state index contributed by atoms with van der Waals surface area (Å²) < 4.78 is 4.95. The molecule has 2 atom stereocenters. The summed E-state index contributed by atoms with van der Waals surface area (Å²) in [6.45, 7) is 3.46. The van der Waals surface area contributed by atoms with Gasteiger partial charge in [-0.3, -0.25) is 4.79 Å². The zero-order valence-corrected chi connectivity index (χ0v) is 7.07. The molecule has 11 heavy (non-hydrogen) atoms. The van der Waals surface area contributed by atoms with Crippen LogP contribution in [0.3, 0.4) is 0 Å². The van der Waals surface area contributed by atoms with E-state index < -0.39 is 11.9 Å². The first-order chi connectivity index (χ1) is 5.13. The van der Waals surface area contributed by atoms with Crippen LogP contribution in [0.1, 0.15) is 13.8 Å². The van der Waals surface area contributed by atoms with Gasteiger partial charge in [-0.05, 0) is 13.8 Å². The summed E-state index contributed by atoms with van der Waals surface area (Å²) in [4.78, 5) is 10.5. The Hall–Kier alpha value is -0.830. The van der Waals surface area contributed by atoms with E-state index in [-0.39, 0.29) is 6.10 Å². The van der Waals surface area contributed by atoms with Gasteiger partial charge in [0.2, 0.25) is 0 Å². The fourth-order valence-corrected chi connectivity index (χ4v) is 0.780. The molecule has 0 heterocycles. The van der Waals surface area contributed by atoms with Gasteiger partial charge in [-0.2, -0.15) is 0 Å². The molecule has 0 amide bonds. The predicted molar refractivity (Wildman–Crippen MR) is 42.4 cm³/mol. The number of carboxylic acid groups (broad SMARTS) is 1. The second kappa shape index (κ2) is 4.91. The normalized spacial score (nSPS) is 16.6. The fraction of sp³-hybridized carbons (Fsp3) is 0.625. The van der Waals surface area contributed by atoms with E-state index in [4.69, 9.17) is 9.84 Å². The number of hydrogen-bond donors (Lipinski definition) is 1. The van der Waals surface area contributed by atoms with Crippen molar-refractivity contribution in [2.24, 2.45) is 5.92 Å². The largest absolute Gasteiger partial charge is 0.481 e. The van der Waals surface area contributed by atoms with Crippen molar-refractivity contribution in [2.75, 3.05) is 7.11 Å². The minimum atomic E-state index is -0.838. The number of rotatable bonds is 4. The Morgan fingerprint density at radius 1 is 1.64 bits per heavy atom.